The molecule has 5 nitrogen and oxygen atoms in total. The third-order valence-corrected chi connectivity index (χ3v) is 5.42. The van der Waals surface area contributed by atoms with E-state index in [0.717, 1.165) is 34.3 Å². The largest absolute Gasteiger partial charge is 0.450 e. The van der Waals surface area contributed by atoms with Gasteiger partial charge in [-0.05, 0) is 38.8 Å². The molecular formula is C18H22ClN3O2S. The van der Waals surface area contributed by atoms with Gasteiger partial charge >= 0.3 is 6.09 Å². The van der Waals surface area contributed by atoms with Crippen LogP contribution < -0.4 is 5.32 Å². The molecule has 3 rings (SSSR count). The molecule has 0 aliphatic carbocycles. The van der Waals surface area contributed by atoms with Crippen molar-refractivity contribution in [2.24, 2.45) is 0 Å². The Kier molecular flexibility index (Phi) is 5.81. The van der Waals surface area contributed by atoms with Crippen LogP contribution in [0.1, 0.15) is 24.6 Å². The van der Waals surface area contributed by atoms with E-state index in [1.54, 1.807) is 16.2 Å². The topological polar surface area (TPSA) is 54.5 Å². The molecule has 1 saturated heterocycles. The van der Waals surface area contributed by atoms with Gasteiger partial charge in [-0.15, -0.1) is 11.3 Å². The zero-order valence-corrected chi connectivity index (χ0v) is 16.0. The first-order chi connectivity index (χ1) is 12.1. The van der Waals surface area contributed by atoms with Gasteiger partial charge in [-0.3, -0.25) is 0 Å². The number of likely N-dealkylation sites (tertiary alicyclic amines) is 1. The maximum atomic E-state index is 11.8. The van der Waals surface area contributed by atoms with E-state index in [1.807, 2.05) is 31.2 Å². The molecule has 0 atom stereocenters. The third-order valence-electron chi connectivity index (χ3n) is 4.26. The predicted molar refractivity (Wildman–Crippen MR) is 103 cm³/mol. The Morgan fingerprint density at radius 3 is 2.68 bits per heavy atom. The van der Waals surface area contributed by atoms with Crippen molar-refractivity contribution in [1.82, 2.24) is 9.88 Å². The Hall–Kier alpha value is -1.79. The monoisotopic (exact) mass is 379 g/mol. The van der Waals surface area contributed by atoms with Crippen molar-refractivity contribution < 1.29 is 9.53 Å². The fourth-order valence-electron chi connectivity index (χ4n) is 2.93. The van der Waals surface area contributed by atoms with Gasteiger partial charge in [0, 0.05) is 34.6 Å². The zero-order chi connectivity index (χ0) is 17.8. The van der Waals surface area contributed by atoms with E-state index in [2.05, 4.69) is 12.2 Å². The third kappa shape index (κ3) is 4.44. The molecular weight excluding hydrogens is 358 g/mol. The number of hydrogen-bond donors (Lipinski definition) is 1. The molecule has 25 heavy (non-hydrogen) atoms. The first-order valence-corrected chi connectivity index (χ1v) is 9.68. The van der Waals surface area contributed by atoms with Gasteiger partial charge in [-0.25, -0.2) is 9.78 Å². The second kappa shape index (κ2) is 8.06. The Labute approximate surface area is 157 Å². The molecule has 2 heterocycles. The summed E-state index contributed by atoms with van der Waals surface area (Å²) in [6, 6.07) is 8.08. The van der Waals surface area contributed by atoms with E-state index in [0.29, 0.717) is 25.7 Å². The van der Waals surface area contributed by atoms with Gasteiger partial charge in [-0.1, -0.05) is 23.7 Å². The highest BCUT2D eigenvalue weighted by Gasteiger charge is 2.24. The number of benzene rings is 1. The van der Waals surface area contributed by atoms with Crippen molar-refractivity contribution in [2.45, 2.75) is 32.7 Å². The van der Waals surface area contributed by atoms with E-state index in [1.165, 1.54) is 4.88 Å². The van der Waals surface area contributed by atoms with Crippen LogP contribution in [-0.2, 0) is 4.74 Å². The van der Waals surface area contributed by atoms with E-state index in [4.69, 9.17) is 21.3 Å². The first kappa shape index (κ1) is 18.0. The van der Waals surface area contributed by atoms with Gasteiger partial charge in [-0.2, -0.15) is 0 Å². The van der Waals surface area contributed by atoms with Crippen molar-refractivity contribution in [3.63, 3.8) is 0 Å². The Balaban J connectivity index is 1.60. The van der Waals surface area contributed by atoms with Crippen molar-refractivity contribution in [1.29, 1.82) is 0 Å². The highest BCUT2D eigenvalue weighted by molar-refractivity contribution is 7.16. The number of aromatic nitrogens is 1. The van der Waals surface area contributed by atoms with E-state index in [9.17, 15) is 4.79 Å². The number of nitrogens with one attached hydrogen (secondary N) is 1. The number of carbonyl (C=O) groups excluding carboxylic acids is 1. The van der Waals surface area contributed by atoms with Crippen LogP contribution in [0.2, 0.25) is 5.02 Å². The minimum absolute atomic E-state index is 0.212. The maximum absolute atomic E-state index is 11.8. The number of ether oxygens (including phenoxy) is 1. The number of carbonyl (C=O) groups is 1. The molecule has 0 unspecified atom stereocenters. The molecule has 134 valence electrons. The van der Waals surface area contributed by atoms with Crippen molar-refractivity contribution in [3.8, 4) is 11.3 Å². The smallest absolute Gasteiger partial charge is 0.409 e. The number of halogens is 1. The number of anilines is 1. The highest BCUT2D eigenvalue weighted by atomic mass is 35.5. The molecule has 1 fully saturated rings. The van der Waals surface area contributed by atoms with Crippen molar-refractivity contribution in [2.75, 3.05) is 25.0 Å². The van der Waals surface area contributed by atoms with Crippen molar-refractivity contribution >= 4 is 34.2 Å². The fraction of sp³-hybridized carbons (Fsp3) is 0.444. The molecule has 2 aromatic rings. The van der Waals surface area contributed by atoms with Crippen LogP contribution in [0.4, 0.5) is 9.93 Å². The van der Waals surface area contributed by atoms with Crippen LogP contribution in [0.3, 0.4) is 0 Å². The number of amides is 1. The molecule has 0 bridgehead atoms. The molecule has 1 N–H and O–H groups in total. The molecule has 0 spiro atoms. The first-order valence-electron chi connectivity index (χ1n) is 8.48. The normalized spacial score (nSPS) is 15.2. The minimum atomic E-state index is -0.212. The summed E-state index contributed by atoms with van der Waals surface area (Å²) >= 11 is 7.62. The van der Waals surface area contributed by atoms with Crippen LogP contribution in [-0.4, -0.2) is 41.7 Å². The SMILES string of the molecule is CCOC(=O)N1CCC(Nc2nc(-c3ccc(Cl)cc3)c(C)s2)CC1. The van der Waals surface area contributed by atoms with Gasteiger partial charge in [0.15, 0.2) is 5.13 Å². The van der Waals surface area contributed by atoms with Crippen molar-refractivity contribution in [3.05, 3.63) is 34.2 Å². The van der Waals surface area contributed by atoms with Crippen LogP contribution in [0.25, 0.3) is 11.3 Å². The molecule has 7 heteroatoms. The summed E-state index contributed by atoms with van der Waals surface area (Å²) in [7, 11) is 0. The molecule has 1 amide bonds. The van der Waals surface area contributed by atoms with E-state index in [-0.39, 0.29) is 6.09 Å². The number of piperidine rings is 1. The van der Waals surface area contributed by atoms with Gasteiger partial charge in [0.05, 0.1) is 12.3 Å². The summed E-state index contributed by atoms with van der Waals surface area (Å²) in [6.45, 7) is 5.75. The van der Waals surface area contributed by atoms with Gasteiger partial charge in [0.1, 0.15) is 0 Å². The summed E-state index contributed by atoms with van der Waals surface area (Å²) in [5.41, 5.74) is 2.07. The summed E-state index contributed by atoms with van der Waals surface area (Å²) in [5, 5.41) is 5.17. The van der Waals surface area contributed by atoms with Gasteiger partial charge in [0.25, 0.3) is 0 Å². The lowest BCUT2D eigenvalue weighted by Gasteiger charge is -2.31. The Bertz CT molecular complexity index is 724. The highest BCUT2D eigenvalue weighted by Crippen LogP contribution is 2.32. The Morgan fingerprint density at radius 2 is 2.04 bits per heavy atom. The fourth-order valence-corrected chi connectivity index (χ4v) is 3.97. The molecule has 1 aliphatic heterocycles. The lowest BCUT2D eigenvalue weighted by atomic mass is 10.1. The second-order valence-electron chi connectivity index (χ2n) is 6.04. The van der Waals surface area contributed by atoms with E-state index >= 15 is 0 Å². The number of rotatable bonds is 4. The summed E-state index contributed by atoms with van der Waals surface area (Å²) in [5.74, 6) is 0. The van der Waals surface area contributed by atoms with Crippen LogP contribution >= 0.6 is 22.9 Å². The average molecular weight is 380 g/mol. The Morgan fingerprint density at radius 1 is 1.36 bits per heavy atom. The number of nitrogens with zero attached hydrogens (tertiary/aromatic N) is 2. The standard InChI is InChI=1S/C18H22ClN3O2S/c1-3-24-18(23)22-10-8-15(9-11-22)20-17-21-16(12(2)25-17)13-4-6-14(19)7-5-13/h4-7,15H,3,8-11H2,1-2H3,(H,20,21). The lowest BCUT2D eigenvalue weighted by Crippen LogP contribution is -2.42. The minimum Gasteiger partial charge on any atom is -0.450 e. The zero-order valence-electron chi connectivity index (χ0n) is 14.4. The maximum Gasteiger partial charge on any atom is 0.409 e. The molecule has 1 aromatic heterocycles. The molecule has 0 saturated carbocycles. The number of aryl methyl sites for hydroxylation is 1. The second-order valence-corrected chi connectivity index (χ2v) is 7.67. The van der Waals surface area contributed by atoms with Gasteiger partial charge in [0.2, 0.25) is 0 Å². The average Bonchev–Trinajstić information content (AvgIpc) is 2.97. The van der Waals surface area contributed by atoms with Gasteiger partial charge < -0.3 is 15.0 Å². The summed E-state index contributed by atoms with van der Waals surface area (Å²) in [4.78, 5) is 19.4. The lowest BCUT2D eigenvalue weighted by molar-refractivity contribution is 0.0983. The van der Waals surface area contributed by atoms with Crippen LogP contribution in [0.5, 0.6) is 0 Å². The molecule has 1 aliphatic rings. The molecule has 0 radical (unpaired) electrons. The summed E-state index contributed by atoms with van der Waals surface area (Å²) in [6.07, 6.45) is 1.58. The molecule has 1 aromatic carbocycles. The van der Waals surface area contributed by atoms with E-state index < -0.39 is 0 Å². The van der Waals surface area contributed by atoms with Crippen LogP contribution in [0.15, 0.2) is 24.3 Å². The predicted octanol–water partition coefficient (Wildman–Crippen LogP) is 4.80. The van der Waals surface area contributed by atoms with Crippen LogP contribution in [0, 0.1) is 6.92 Å². The number of hydrogen-bond acceptors (Lipinski definition) is 5. The number of thiazole rings is 1. The summed E-state index contributed by atoms with van der Waals surface area (Å²) < 4.78 is 5.06. The quantitative estimate of drug-likeness (QED) is 0.828.